The maximum absolute atomic E-state index is 13.1. The maximum Gasteiger partial charge on any atom is 0.152 e. The van der Waals surface area contributed by atoms with Gasteiger partial charge >= 0.3 is 0 Å². The van der Waals surface area contributed by atoms with E-state index in [0.717, 1.165) is 0 Å². The van der Waals surface area contributed by atoms with Gasteiger partial charge in [-0.2, -0.15) is 0 Å². The number of carbonyl (C=O) groups is 1. The summed E-state index contributed by atoms with van der Waals surface area (Å²) in [6.45, 7) is 0. The molecule has 1 aromatic rings. The minimum Gasteiger partial charge on any atom is -0.303 e. The molecule has 0 aliphatic carbocycles. The molecule has 0 bridgehead atoms. The fourth-order valence-corrected chi connectivity index (χ4v) is 0.914. The summed E-state index contributed by atoms with van der Waals surface area (Å²) in [6, 6.07) is 4.43. The highest BCUT2D eigenvalue weighted by atomic mass is 19.1. The molecule has 0 unspecified atom stereocenters. The molecule has 1 rings (SSSR count). The molecule has 0 aliphatic heterocycles. The lowest BCUT2D eigenvalue weighted by Crippen LogP contribution is -1.98. The van der Waals surface area contributed by atoms with Gasteiger partial charge in [0.1, 0.15) is 6.29 Å². The Labute approximate surface area is 68.8 Å². The number of hydrogen-bond donors (Lipinski definition) is 2. The van der Waals surface area contributed by atoms with E-state index in [1.807, 2.05) is 0 Å². The highest BCUT2D eigenvalue weighted by Crippen LogP contribution is 2.16. The zero-order valence-electron chi connectivity index (χ0n) is 6.25. The molecular formula is C8H8FNO2. The Morgan fingerprint density at radius 2 is 2.33 bits per heavy atom. The number of halogens is 1. The predicted molar refractivity (Wildman–Crippen MR) is 41.6 cm³/mol. The summed E-state index contributed by atoms with van der Waals surface area (Å²) < 4.78 is 13.1. The highest BCUT2D eigenvalue weighted by Gasteiger charge is 2.05. The van der Waals surface area contributed by atoms with Crippen molar-refractivity contribution in [3.63, 3.8) is 0 Å². The van der Waals surface area contributed by atoms with Gasteiger partial charge in [0, 0.05) is 6.42 Å². The lowest BCUT2D eigenvalue weighted by atomic mass is 10.1. The van der Waals surface area contributed by atoms with Gasteiger partial charge in [0.15, 0.2) is 5.82 Å². The Morgan fingerprint density at radius 1 is 1.58 bits per heavy atom. The molecular weight excluding hydrogens is 161 g/mol. The molecule has 0 aromatic heterocycles. The number of benzene rings is 1. The molecule has 1 aromatic carbocycles. The van der Waals surface area contributed by atoms with Crippen molar-refractivity contribution in [2.24, 2.45) is 0 Å². The largest absolute Gasteiger partial charge is 0.303 e. The first kappa shape index (κ1) is 8.67. The fourth-order valence-electron chi connectivity index (χ4n) is 0.914. The van der Waals surface area contributed by atoms with E-state index < -0.39 is 5.82 Å². The fraction of sp³-hybridized carbons (Fsp3) is 0.125. The lowest BCUT2D eigenvalue weighted by molar-refractivity contribution is -0.107. The normalized spacial score (nSPS) is 9.50. The van der Waals surface area contributed by atoms with Gasteiger partial charge in [-0.3, -0.25) is 10.7 Å². The highest BCUT2D eigenvalue weighted by molar-refractivity contribution is 5.57. The molecule has 2 N–H and O–H groups in total. The Hall–Kier alpha value is -1.42. The van der Waals surface area contributed by atoms with Crippen LogP contribution in [0, 0.1) is 5.82 Å². The van der Waals surface area contributed by atoms with Gasteiger partial charge in [0.2, 0.25) is 0 Å². The molecule has 3 nitrogen and oxygen atoms in total. The summed E-state index contributed by atoms with van der Waals surface area (Å²) in [5.41, 5.74) is 1.95. The van der Waals surface area contributed by atoms with Crippen molar-refractivity contribution in [2.45, 2.75) is 6.42 Å². The number of hydrogen-bond acceptors (Lipinski definition) is 3. The van der Waals surface area contributed by atoms with Crippen LogP contribution in [-0.4, -0.2) is 11.5 Å². The average molecular weight is 169 g/mol. The van der Waals surface area contributed by atoms with Crippen LogP contribution in [0.2, 0.25) is 0 Å². The van der Waals surface area contributed by atoms with Gasteiger partial charge in [-0.05, 0) is 11.6 Å². The molecule has 0 atom stereocenters. The van der Waals surface area contributed by atoms with E-state index in [-0.39, 0.29) is 17.7 Å². The summed E-state index contributed by atoms with van der Waals surface area (Å²) in [5, 5.41) is 8.43. The van der Waals surface area contributed by atoms with E-state index in [4.69, 9.17) is 5.21 Å². The molecule has 0 spiro atoms. The van der Waals surface area contributed by atoms with Crippen molar-refractivity contribution < 1.29 is 14.4 Å². The molecule has 0 heterocycles. The zero-order valence-corrected chi connectivity index (χ0v) is 6.25. The number of aldehydes is 1. The van der Waals surface area contributed by atoms with Crippen molar-refractivity contribution in [3.05, 3.63) is 29.6 Å². The monoisotopic (exact) mass is 169 g/mol. The van der Waals surface area contributed by atoms with Gasteiger partial charge in [0.05, 0.1) is 5.69 Å². The third kappa shape index (κ3) is 1.60. The van der Waals surface area contributed by atoms with Crippen LogP contribution in [0.5, 0.6) is 0 Å². The molecule has 0 fully saturated rings. The number of anilines is 1. The zero-order chi connectivity index (χ0) is 8.97. The van der Waals surface area contributed by atoms with Crippen LogP contribution in [0.15, 0.2) is 18.2 Å². The van der Waals surface area contributed by atoms with Gasteiger partial charge in [-0.25, -0.2) is 4.39 Å². The average Bonchev–Trinajstić information content (AvgIpc) is 2.09. The van der Waals surface area contributed by atoms with E-state index in [2.05, 4.69) is 0 Å². The quantitative estimate of drug-likeness (QED) is 0.530. The minimum atomic E-state index is -0.591. The standard InChI is InChI=1S/C8H8FNO2/c9-8-6(4-5-11)2-1-3-7(8)10-12/h1-3,5,10,12H,4H2. The molecule has 64 valence electrons. The summed E-state index contributed by atoms with van der Waals surface area (Å²) in [6.07, 6.45) is 0.626. The SMILES string of the molecule is O=CCc1cccc(NO)c1F. The third-order valence-corrected chi connectivity index (χ3v) is 1.50. The van der Waals surface area contributed by atoms with Gasteiger partial charge in [-0.15, -0.1) is 0 Å². The first-order chi connectivity index (χ1) is 5.79. The van der Waals surface area contributed by atoms with E-state index in [0.29, 0.717) is 6.29 Å². The van der Waals surface area contributed by atoms with Crippen LogP contribution in [0.3, 0.4) is 0 Å². The van der Waals surface area contributed by atoms with Crippen molar-refractivity contribution in [1.29, 1.82) is 0 Å². The van der Waals surface area contributed by atoms with Crippen molar-refractivity contribution >= 4 is 12.0 Å². The molecule has 0 aliphatic rings. The number of carbonyl (C=O) groups excluding carboxylic acids is 1. The van der Waals surface area contributed by atoms with Crippen molar-refractivity contribution in [2.75, 3.05) is 5.48 Å². The third-order valence-electron chi connectivity index (χ3n) is 1.50. The second kappa shape index (κ2) is 3.82. The molecule has 12 heavy (non-hydrogen) atoms. The van der Waals surface area contributed by atoms with E-state index in [9.17, 15) is 9.18 Å². The maximum atomic E-state index is 13.1. The molecule has 0 amide bonds. The van der Waals surface area contributed by atoms with Crippen LogP contribution < -0.4 is 5.48 Å². The summed E-state index contributed by atoms with van der Waals surface area (Å²) >= 11 is 0. The Kier molecular flexibility index (Phi) is 2.76. The first-order valence-electron chi connectivity index (χ1n) is 3.40. The summed E-state index contributed by atoms with van der Waals surface area (Å²) in [7, 11) is 0. The second-order valence-electron chi connectivity index (χ2n) is 2.26. The topological polar surface area (TPSA) is 49.3 Å². The van der Waals surface area contributed by atoms with Crippen LogP contribution in [0.1, 0.15) is 5.56 Å². The second-order valence-corrected chi connectivity index (χ2v) is 2.26. The first-order valence-corrected chi connectivity index (χ1v) is 3.40. The van der Waals surface area contributed by atoms with Crippen LogP contribution in [-0.2, 0) is 11.2 Å². The molecule has 0 radical (unpaired) electrons. The Morgan fingerprint density at radius 3 is 2.92 bits per heavy atom. The molecule has 4 heteroatoms. The van der Waals surface area contributed by atoms with E-state index >= 15 is 0 Å². The van der Waals surface area contributed by atoms with Gasteiger partial charge in [-0.1, -0.05) is 12.1 Å². The summed E-state index contributed by atoms with van der Waals surface area (Å²) in [4.78, 5) is 10.1. The molecule has 0 saturated carbocycles. The van der Waals surface area contributed by atoms with Crippen LogP contribution in [0.25, 0.3) is 0 Å². The smallest absolute Gasteiger partial charge is 0.152 e. The van der Waals surface area contributed by atoms with E-state index in [1.165, 1.54) is 12.1 Å². The number of nitrogens with one attached hydrogen (secondary N) is 1. The van der Waals surface area contributed by atoms with Crippen LogP contribution in [0.4, 0.5) is 10.1 Å². The summed E-state index contributed by atoms with van der Waals surface area (Å²) in [5.74, 6) is -0.591. The Balaban J connectivity index is 3.04. The Bertz CT molecular complexity index is 288. The van der Waals surface area contributed by atoms with Crippen molar-refractivity contribution in [1.82, 2.24) is 0 Å². The lowest BCUT2D eigenvalue weighted by Gasteiger charge is -2.03. The minimum absolute atomic E-state index is 0.0152. The van der Waals surface area contributed by atoms with E-state index in [1.54, 1.807) is 11.5 Å². The number of rotatable bonds is 3. The van der Waals surface area contributed by atoms with Crippen molar-refractivity contribution in [3.8, 4) is 0 Å². The van der Waals surface area contributed by atoms with Crippen LogP contribution >= 0.6 is 0 Å². The van der Waals surface area contributed by atoms with Gasteiger partial charge in [0.25, 0.3) is 0 Å². The predicted octanol–water partition coefficient (Wildman–Crippen LogP) is 1.37. The molecule has 0 saturated heterocycles. The van der Waals surface area contributed by atoms with Gasteiger partial charge < -0.3 is 4.79 Å².